The third-order valence-corrected chi connectivity index (χ3v) is 8.22. The van der Waals surface area contributed by atoms with Gasteiger partial charge in [0.05, 0.1) is 17.8 Å². The molecule has 5 nitrogen and oxygen atoms in total. The van der Waals surface area contributed by atoms with E-state index in [0.717, 1.165) is 35.1 Å². The Morgan fingerprint density at radius 2 is 1.63 bits per heavy atom. The molecule has 1 saturated heterocycles. The molecule has 3 fully saturated rings. The van der Waals surface area contributed by atoms with Gasteiger partial charge >= 0.3 is 0 Å². The Morgan fingerprint density at radius 3 is 2.37 bits per heavy atom. The van der Waals surface area contributed by atoms with E-state index in [1.54, 1.807) is 0 Å². The van der Waals surface area contributed by atoms with Crippen LogP contribution in [-0.4, -0.2) is 20.8 Å². The van der Waals surface area contributed by atoms with E-state index in [1.165, 1.54) is 50.6 Å². The number of hydrogen-bond donors (Lipinski definition) is 1. The van der Waals surface area contributed by atoms with Crippen molar-refractivity contribution in [3.8, 4) is 5.75 Å². The lowest BCUT2D eigenvalue weighted by molar-refractivity contribution is 0.210. The first kappa shape index (κ1) is 22.6. The Bertz CT molecular complexity index is 1130. The fourth-order valence-corrected chi connectivity index (χ4v) is 6.51. The molecule has 35 heavy (non-hydrogen) atoms. The molecule has 182 valence electrons. The van der Waals surface area contributed by atoms with Gasteiger partial charge < -0.3 is 19.5 Å². The average molecular weight is 487 g/mol. The molecule has 2 atom stereocenters. The third-order valence-electron chi connectivity index (χ3n) is 7.90. The van der Waals surface area contributed by atoms with Crippen LogP contribution in [0.15, 0.2) is 67.0 Å². The van der Waals surface area contributed by atoms with E-state index in [2.05, 4.69) is 69.5 Å². The summed E-state index contributed by atoms with van der Waals surface area (Å²) in [6.07, 6.45) is 15.8. The molecule has 2 aromatic heterocycles. The normalized spacial score (nSPS) is 23.5. The van der Waals surface area contributed by atoms with Gasteiger partial charge in [-0.2, -0.15) is 0 Å². The number of hydrogen-bond acceptors (Lipinski definition) is 3. The van der Waals surface area contributed by atoms with Gasteiger partial charge in [0.1, 0.15) is 11.8 Å². The molecule has 0 amide bonds. The number of anilines is 1. The standard InChI is InChI=1S/C29H34N4OS/c35-29-31-27(25-13-6-7-19-30-25)28(26-14-8-20-32(26)21-9-2-1-3-10-21)33(29)22-15-17-24(18-16-22)34-23-11-4-5-12-23/h6-8,13-21,23,27-28H,1-5,9-12H2,(H,31,35)/t27-,28-/m1/s1. The maximum Gasteiger partial charge on any atom is 0.174 e. The van der Waals surface area contributed by atoms with E-state index in [0.29, 0.717) is 12.1 Å². The van der Waals surface area contributed by atoms with Crippen molar-refractivity contribution in [3.05, 3.63) is 78.4 Å². The Balaban J connectivity index is 1.35. The number of rotatable bonds is 6. The highest BCUT2D eigenvalue weighted by Gasteiger charge is 2.42. The zero-order chi connectivity index (χ0) is 23.6. The molecular weight excluding hydrogens is 452 g/mol. The molecule has 0 spiro atoms. The molecule has 1 N–H and O–H groups in total. The summed E-state index contributed by atoms with van der Waals surface area (Å²) in [5.74, 6) is 0.946. The summed E-state index contributed by atoms with van der Waals surface area (Å²) in [6, 6.07) is 19.7. The van der Waals surface area contributed by atoms with Crippen molar-refractivity contribution >= 4 is 23.0 Å². The lowest BCUT2D eigenvalue weighted by atomic mass is 9.94. The van der Waals surface area contributed by atoms with Crippen molar-refractivity contribution in [1.29, 1.82) is 0 Å². The van der Waals surface area contributed by atoms with Gasteiger partial charge in [-0.15, -0.1) is 0 Å². The molecule has 1 aromatic carbocycles. The van der Waals surface area contributed by atoms with Crippen LogP contribution in [0, 0.1) is 0 Å². The molecule has 2 aliphatic carbocycles. The van der Waals surface area contributed by atoms with Crippen molar-refractivity contribution in [3.63, 3.8) is 0 Å². The molecule has 0 bridgehead atoms. The molecule has 0 radical (unpaired) electrons. The van der Waals surface area contributed by atoms with Gasteiger partial charge in [0.15, 0.2) is 5.11 Å². The smallest absolute Gasteiger partial charge is 0.174 e. The van der Waals surface area contributed by atoms with Crippen molar-refractivity contribution in [2.45, 2.75) is 82.0 Å². The third kappa shape index (κ3) is 4.56. The van der Waals surface area contributed by atoms with Gasteiger partial charge in [-0.25, -0.2) is 0 Å². The largest absolute Gasteiger partial charge is 0.490 e. The van der Waals surface area contributed by atoms with E-state index in [4.69, 9.17) is 21.9 Å². The Labute approximate surface area is 213 Å². The fourth-order valence-electron chi connectivity index (χ4n) is 6.17. The van der Waals surface area contributed by atoms with E-state index in [-0.39, 0.29) is 12.1 Å². The molecule has 0 unspecified atom stereocenters. The summed E-state index contributed by atoms with van der Waals surface area (Å²) in [7, 11) is 0. The molecular formula is C29H34N4OS. The second-order valence-corrected chi connectivity index (χ2v) is 10.5. The Hall–Kier alpha value is -2.86. The number of thiocarbonyl (C=S) groups is 1. The summed E-state index contributed by atoms with van der Waals surface area (Å²) in [6.45, 7) is 0. The number of benzene rings is 1. The van der Waals surface area contributed by atoms with E-state index < -0.39 is 0 Å². The van der Waals surface area contributed by atoms with Gasteiger partial charge in [-0.05, 0) is 99.3 Å². The summed E-state index contributed by atoms with van der Waals surface area (Å²) >= 11 is 5.95. The van der Waals surface area contributed by atoms with Crippen LogP contribution in [0.3, 0.4) is 0 Å². The maximum absolute atomic E-state index is 6.23. The summed E-state index contributed by atoms with van der Waals surface area (Å²) < 4.78 is 8.74. The van der Waals surface area contributed by atoms with E-state index in [1.807, 2.05) is 12.3 Å². The SMILES string of the molecule is S=C1N[C@H](c2ccccn2)[C@@H](c2cccn2C2CCCCC2)N1c1ccc(OC2CCCC2)cc1. The lowest BCUT2D eigenvalue weighted by Crippen LogP contribution is -2.31. The zero-order valence-electron chi connectivity index (χ0n) is 20.2. The van der Waals surface area contributed by atoms with Crippen molar-refractivity contribution in [2.24, 2.45) is 0 Å². The quantitative estimate of drug-likeness (QED) is 0.384. The second kappa shape index (κ2) is 10.0. The molecule has 3 heterocycles. The van der Waals surface area contributed by atoms with E-state index >= 15 is 0 Å². The molecule has 3 aliphatic rings. The minimum absolute atomic E-state index is 0.0182. The van der Waals surface area contributed by atoms with Gasteiger partial charge in [0, 0.05) is 29.8 Å². The van der Waals surface area contributed by atoms with Crippen LogP contribution >= 0.6 is 12.2 Å². The van der Waals surface area contributed by atoms with Crippen LogP contribution in [0.25, 0.3) is 0 Å². The second-order valence-electron chi connectivity index (χ2n) is 10.1. The molecule has 2 saturated carbocycles. The van der Waals surface area contributed by atoms with Gasteiger partial charge in [-0.1, -0.05) is 25.3 Å². The highest BCUT2D eigenvalue weighted by atomic mass is 32.1. The van der Waals surface area contributed by atoms with Gasteiger partial charge in [0.25, 0.3) is 0 Å². The zero-order valence-corrected chi connectivity index (χ0v) is 21.0. The van der Waals surface area contributed by atoms with Crippen LogP contribution < -0.4 is 15.0 Å². The van der Waals surface area contributed by atoms with Crippen molar-refractivity contribution in [1.82, 2.24) is 14.9 Å². The fraction of sp³-hybridized carbons (Fsp3) is 0.448. The monoisotopic (exact) mass is 486 g/mol. The number of aromatic nitrogens is 2. The van der Waals surface area contributed by atoms with Crippen LogP contribution in [0.1, 0.15) is 87.3 Å². The minimum atomic E-state index is -0.0182. The first-order valence-corrected chi connectivity index (χ1v) is 13.6. The van der Waals surface area contributed by atoms with Gasteiger partial charge in [0.2, 0.25) is 0 Å². The Kier molecular flexibility index (Phi) is 6.47. The number of pyridine rings is 1. The number of nitrogens with zero attached hydrogens (tertiary/aromatic N) is 3. The van der Waals surface area contributed by atoms with Crippen LogP contribution in [0.4, 0.5) is 5.69 Å². The predicted molar refractivity (Wildman–Crippen MR) is 144 cm³/mol. The molecule has 6 heteroatoms. The Morgan fingerprint density at radius 1 is 0.857 bits per heavy atom. The number of nitrogens with one attached hydrogen (secondary N) is 1. The molecule has 1 aliphatic heterocycles. The highest BCUT2D eigenvalue weighted by Crippen LogP contribution is 2.43. The first-order valence-electron chi connectivity index (χ1n) is 13.2. The molecule has 3 aromatic rings. The van der Waals surface area contributed by atoms with Crippen LogP contribution in [-0.2, 0) is 0 Å². The van der Waals surface area contributed by atoms with Crippen LogP contribution in [0.5, 0.6) is 5.75 Å². The topological polar surface area (TPSA) is 42.3 Å². The highest BCUT2D eigenvalue weighted by molar-refractivity contribution is 7.80. The summed E-state index contributed by atoms with van der Waals surface area (Å²) in [4.78, 5) is 7.00. The van der Waals surface area contributed by atoms with Gasteiger partial charge in [-0.3, -0.25) is 4.98 Å². The van der Waals surface area contributed by atoms with E-state index in [9.17, 15) is 0 Å². The van der Waals surface area contributed by atoms with Crippen molar-refractivity contribution < 1.29 is 4.74 Å². The average Bonchev–Trinajstić information content (AvgIpc) is 3.66. The molecule has 6 rings (SSSR count). The maximum atomic E-state index is 6.23. The minimum Gasteiger partial charge on any atom is -0.490 e. The van der Waals surface area contributed by atoms with Crippen molar-refractivity contribution in [2.75, 3.05) is 4.90 Å². The van der Waals surface area contributed by atoms with Crippen LogP contribution in [0.2, 0.25) is 0 Å². The number of ether oxygens (including phenoxy) is 1. The summed E-state index contributed by atoms with van der Waals surface area (Å²) in [5, 5.41) is 4.35. The predicted octanol–water partition coefficient (Wildman–Crippen LogP) is 6.89. The first-order chi connectivity index (χ1) is 17.3. The summed E-state index contributed by atoms with van der Waals surface area (Å²) in [5.41, 5.74) is 3.40. The lowest BCUT2D eigenvalue weighted by Gasteiger charge is -2.32.